The minimum Gasteiger partial charge on any atom is -0.508 e. The van der Waals surface area contributed by atoms with Crippen molar-refractivity contribution in [3.8, 4) is 22.8 Å². The number of aliphatic carboxylic acids is 1. The Labute approximate surface area is 133 Å². The average Bonchev–Trinajstić information content (AvgIpc) is 2.50. The van der Waals surface area contributed by atoms with E-state index in [2.05, 4.69) is 4.98 Å². The van der Waals surface area contributed by atoms with E-state index in [1.807, 2.05) is 0 Å². The second-order valence-electron chi connectivity index (χ2n) is 5.08. The van der Waals surface area contributed by atoms with Crippen molar-refractivity contribution in [2.24, 2.45) is 0 Å². The Morgan fingerprint density at radius 2 is 1.92 bits per heavy atom. The number of phenols is 2. The highest BCUT2D eigenvalue weighted by atomic mass is 19.1. The van der Waals surface area contributed by atoms with E-state index in [4.69, 9.17) is 5.11 Å². The van der Waals surface area contributed by atoms with Gasteiger partial charge in [-0.25, -0.2) is 9.37 Å². The number of rotatable bonds is 3. The summed E-state index contributed by atoms with van der Waals surface area (Å²) in [4.78, 5) is 27.7. The molecule has 0 bridgehead atoms. The lowest BCUT2D eigenvalue weighted by molar-refractivity contribution is -0.137. The van der Waals surface area contributed by atoms with Crippen molar-refractivity contribution in [3.63, 3.8) is 0 Å². The van der Waals surface area contributed by atoms with Crippen LogP contribution in [-0.4, -0.2) is 30.8 Å². The predicted octanol–water partition coefficient (Wildman–Crippen LogP) is 1.70. The van der Waals surface area contributed by atoms with Gasteiger partial charge in [0.2, 0.25) is 0 Å². The zero-order valence-electron chi connectivity index (χ0n) is 12.1. The van der Waals surface area contributed by atoms with Gasteiger partial charge in [0.1, 0.15) is 29.6 Å². The molecule has 0 radical (unpaired) electrons. The molecule has 0 amide bonds. The minimum atomic E-state index is -1.25. The van der Waals surface area contributed by atoms with Crippen molar-refractivity contribution in [1.82, 2.24) is 9.55 Å². The first-order valence-corrected chi connectivity index (χ1v) is 6.81. The Morgan fingerprint density at radius 1 is 1.17 bits per heavy atom. The maximum absolute atomic E-state index is 13.5. The second-order valence-corrected chi connectivity index (χ2v) is 5.08. The van der Waals surface area contributed by atoms with Crippen molar-refractivity contribution in [3.05, 3.63) is 52.6 Å². The number of carboxylic acid groups (broad SMARTS) is 1. The Morgan fingerprint density at radius 3 is 2.58 bits per heavy atom. The van der Waals surface area contributed by atoms with Gasteiger partial charge in [0.15, 0.2) is 0 Å². The summed E-state index contributed by atoms with van der Waals surface area (Å²) in [5.74, 6) is -2.47. The van der Waals surface area contributed by atoms with Crippen LogP contribution in [0.2, 0.25) is 0 Å². The zero-order valence-corrected chi connectivity index (χ0v) is 12.1. The summed E-state index contributed by atoms with van der Waals surface area (Å²) < 4.78 is 14.4. The molecular weight excluding hydrogens is 319 g/mol. The van der Waals surface area contributed by atoms with Crippen LogP contribution in [0.5, 0.6) is 11.5 Å². The molecule has 0 saturated heterocycles. The molecule has 24 heavy (non-hydrogen) atoms. The quantitative estimate of drug-likeness (QED) is 0.674. The largest absolute Gasteiger partial charge is 0.508 e. The lowest BCUT2D eigenvalue weighted by Crippen LogP contribution is -2.27. The number of aromatic hydroxyl groups is 2. The Balaban J connectivity index is 2.38. The monoisotopic (exact) mass is 330 g/mol. The number of fused-ring (bicyclic) bond motifs is 1. The molecule has 1 aromatic heterocycles. The van der Waals surface area contributed by atoms with Crippen molar-refractivity contribution in [1.29, 1.82) is 0 Å². The molecule has 0 fully saturated rings. The first kappa shape index (κ1) is 15.5. The number of carbonyl (C=O) groups is 1. The predicted molar refractivity (Wildman–Crippen MR) is 82.4 cm³/mol. The summed E-state index contributed by atoms with van der Waals surface area (Å²) in [7, 11) is 0. The van der Waals surface area contributed by atoms with E-state index >= 15 is 0 Å². The van der Waals surface area contributed by atoms with Crippen LogP contribution in [0.4, 0.5) is 4.39 Å². The van der Waals surface area contributed by atoms with Crippen LogP contribution in [0.1, 0.15) is 0 Å². The van der Waals surface area contributed by atoms with Crippen molar-refractivity contribution >= 4 is 17.0 Å². The molecule has 0 aliphatic heterocycles. The van der Waals surface area contributed by atoms with Gasteiger partial charge in [-0.3, -0.25) is 14.2 Å². The maximum Gasteiger partial charge on any atom is 0.323 e. The highest BCUT2D eigenvalue weighted by Crippen LogP contribution is 2.30. The van der Waals surface area contributed by atoms with Gasteiger partial charge in [-0.15, -0.1) is 0 Å². The molecule has 1 heterocycles. The first-order valence-electron chi connectivity index (χ1n) is 6.81. The highest BCUT2D eigenvalue weighted by molar-refractivity contribution is 5.81. The molecule has 0 unspecified atom stereocenters. The third kappa shape index (κ3) is 2.65. The van der Waals surface area contributed by atoms with Gasteiger partial charge in [0, 0.05) is 17.7 Å². The second kappa shape index (κ2) is 5.65. The molecule has 122 valence electrons. The molecule has 0 saturated carbocycles. The molecule has 3 rings (SSSR count). The number of hydrogen-bond donors (Lipinski definition) is 3. The van der Waals surface area contributed by atoms with Gasteiger partial charge in [0.25, 0.3) is 5.56 Å². The van der Waals surface area contributed by atoms with E-state index < -0.39 is 29.6 Å². The van der Waals surface area contributed by atoms with E-state index in [-0.39, 0.29) is 28.0 Å². The SMILES string of the molecule is O=C(O)Cn1c(=O)c(-c2ccc(O)cc2O)nc2cc(F)ccc21. The smallest absolute Gasteiger partial charge is 0.323 e. The van der Waals surface area contributed by atoms with Crippen LogP contribution in [-0.2, 0) is 11.3 Å². The normalized spacial score (nSPS) is 10.9. The summed E-state index contributed by atoms with van der Waals surface area (Å²) in [6.45, 7) is -0.644. The Hall–Kier alpha value is -3.42. The Kier molecular flexibility index (Phi) is 3.64. The van der Waals surface area contributed by atoms with E-state index in [9.17, 15) is 24.2 Å². The standard InChI is InChI=1S/C16H11FN2O5/c17-8-1-4-12-11(5-8)18-15(16(24)19(12)7-14(22)23)10-3-2-9(20)6-13(10)21/h1-6,20-21H,7H2,(H,22,23). The number of halogens is 1. The fourth-order valence-corrected chi connectivity index (χ4v) is 2.41. The molecule has 0 spiro atoms. The summed E-state index contributed by atoms with van der Waals surface area (Å²) in [5.41, 5.74) is -0.767. The molecule has 0 atom stereocenters. The van der Waals surface area contributed by atoms with Crippen LogP contribution < -0.4 is 5.56 Å². The van der Waals surface area contributed by atoms with Crippen LogP contribution in [0.15, 0.2) is 41.2 Å². The van der Waals surface area contributed by atoms with Crippen LogP contribution in [0.25, 0.3) is 22.3 Å². The van der Waals surface area contributed by atoms with Gasteiger partial charge in [0.05, 0.1) is 11.0 Å². The number of aromatic nitrogens is 2. The number of hydrogen-bond acceptors (Lipinski definition) is 5. The highest BCUT2D eigenvalue weighted by Gasteiger charge is 2.17. The average molecular weight is 330 g/mol. The van der Waals surface area contributed by atoms with Gasteiger partial charge in [-0.2, -0.15) is 0 Å². The molecule has 3 aromatic rings. The van der Waals surface area contributed by atoms with Crippen molar-refractivity contribution in [2.45, 2.75) is 6.54 Å². The van der Waals surface area contributed by atoms with Gasteiger partial charge < -0.3 is 15.3 Å². The van der Waals surface area contributed by atoms with E-state index in [1.54, 1.807) is 0 Å². The molecule has 7 nitrogen and oxygen atoms in total. The van der Waals surface area contributed by atoms with Crippen molar-refractivity contribution in [2.75, 3.05) is 0 Å². The summed E-state index contributed by atoms with van der Waals surface area (Å²) in [5, 5.41) is 28.3. The van der Waals surface area contributed by atoms with Gasteiger partial charge >= 0.3 is 5.97 Å². The van der Waals surface area contributed by atoms with E-state index in [0.717, 1.165) is 22.8 Å². The molecule has 0 aliphatic rings. The van der Waals surface area contributed by atoms with Gasteiger partial charge in [-0.05, 0) is 24.3 Å². The number of phenolic OH excluding ortho intramolecular Hbond substituents is 2. The molecule has 3 N–H and O–H groups in total. The van der Waals surface area contributed by atoms with Crippen LogP contribution in [0, 0.1) is 5.82 Å². The van der Waals surface area contributed by atoms with Gasteiger partial charge in [-0.1, -0.05) is 0 Å². The van der Waals surface area contributed by atoms with Crippen LogP contribution >= 0.6 is 0 Å². The number of benzene rings is 2. The minimum absolute atomic E-state index is 0.00287. The van der Waals surface area contributed by atoms with Crippen LogP contribution in [0.3, 0.4) is 0 Å². The molecule has 8 heteroatoms. The fraction of sp³-hybridized carbons (Fsp3) is 0.0625. The molecular formula is C16H11FN2O5. The summed E-state index contributed by atoms with van der Waals surface area (Å²) in [6, 6.07) is 6.96. The first-order chi connectivity index (χ1) is 11.4. The number of nitrogens with zero attached hydrogens (tertiary/aromatic N) is 2. The van der Waals surface area contributed by atoms with E-state index in [0.29, 0.717) is 0 Å². The summed E-state index contributed by atoms with van der Waals surface area (Å²) in [6.07, 6.45) is 0. The zero-order chi connectivity index (χ0) is 17.4. The lowest BCUT2D eigenvalue weighted by Gasteiger charge is -2.11. The lowest BCUT2D eigenvalue weighted by atomic mass is 10.1. The third-order valence-electron chi connectivity index (χ3n) is 3.44. The maximum atomic E-state index is 13.5. The third-order valence-corrected chi connectivity index (χ3v) is 3.44. The fourth-order valence-electron chi connectivity index (χ4n) is 2.41. The number of carboxylic acids is 1. The van der Waals surface area contributed by atoms with Crippen molar-refractivity contribution < 1.29 is 24.5 Å². The molecule has 0 aliphatic carbocycles. The topological polar surface area (TPSA) is 113 Å². The van der Waals surface area contributed by atoms with E-state index in [1.165, 1.54) is 18.2 Å². The Bertz CT molecular complexity index is 1030. The summed E-state index contributed by atoms with van der Waals surface area (Å²) >= 11 is 0. The molecule has 2 aromatic carbocycles.